The minimum absolute atomic E-state index is 0.328. The van der Waals surface area contributed by atoms with Gasteiger partial charge in [0.25, 0.3) is 0 Å². The second-order valence-corrected chi connectivity index (χ2v) is 5.40. The SMILES string of the molecule is CN(Cc1cc(F)ccc1F)C1CN(c2ccccn2)C1. The second kappa shape index (κ2) is 5.77. The van der Waals surface area contributed by atoms with Crippen LogP contribution in [0.1, 0.15) is 5.56 Å². The van der Waals surface area contributed by atoms with Gasteiger partial charge in [-0.25, -0.2) is 13.8 Å². The molecule has 3 rings (SSSR count). The minimum atomic E-state index is -0.400. The van der Waals surface area contributed by atoms with Crippen molar-refractivity contribution in [3.8, 4) is 0 Å². The highest BCUT2D eigenvalue weighted by Gasteiger charge is 2.30. The van der Waals surface area contributed by atoms with Gasteiger partial charge in [0, 0.05) is 37.4 Å². The molecule has 1 fully saturated rings. The van der Waals surface area contributed by atoms with Crippen LogP contribution in [-0.2, 0) is 6.54 Å². The van der Waals surface area contributed by atoms with Crippen molar-refractivity contribution in [2.45, 2.75) is 12.6 Å². The minimum Gasteiger partial charge on any atom is -0.353 e. The van der Waals surface area contributed by atoms with Crippen molar-refractivity contribution in [3.63, 3.8) is 0 Å². The Hall–Kier alpha value is -2.01. The molecule has 0 radical (unpaired) electrons. The lowest BCUT2D eigenvalue weighted by atomic mass is 10.1. The van der Waals surface area contributed by atoms with Gasteiger partial charge in [0.2, 0.25) is 0 Å². The van der Waals surface area contributed by atoms with Crippen LogP contribution >= 0.6 is 0 Å². The molecule has 1 aliphatic rings. The lowest BCUT2D eigenvalue weighted by Gasteiger charge is -2.44. The molecular weight excluding hydrogens is 272 g/mol. The monoisotopic (exact) mass is 289 g/mol. The Morgan fingerprint density at radius 2 is 2.05 bits per heavy atom. The molecule has 2 heterocycles. The molecule has 3 nitrogen and oxygen atoms in total. The number of benzene rings is 1. The van der Waals surface area contributed by atoms with E-state index in [1.807, 2.05) is 25.2 Å². The molecule has 1 aliphatic heterocycles. The van der Waals surface area contributed by atoms with Gasteiger partial charge < -0.3 is 4.90 Å². The summed E-state index contributed by atoms with van der Waals surface area (Å²) in [5.74, 6) is 0.201. The molecule has 0 aliphatic carbocycles. The van der Waals surface area contributed by atoms with Gasteiger partial charge >= 0.3 is 0 Å². The van der Waals surface area contributed by atoms with Gasteiger partial charge in [-0.05, 0) is 37.4 Å². The lowest BCUT2D eigenvalue weighted by molar-refractivity contribution is 0.194. The van der Waals surface area contributed by atoms with Crippen LogP contribution < -0.4 is 4.90 Å². The number of nitrogens with zero attached hydrogens (tertiary/aromatic N) is 3. The number of aromatic nitrogens is 1. The lowest BCUT2D eigenvalue weighted by Crippen LogP contribution is -2.58. The Morgan fingerprint density at radius 1 is 1.24 bits per heavy atom. The van der Waals surface area contributed by atoms with E-state index < -0.39 is 5.82 Å². The van der Waals surface area contributed by atoms with Gasteiger partial charge in [-0.3, -0.25) is 4.90 Å². The maximum Gasteiger partial charge on any atom is 0.128 e. The zero-order chi connectivity index (χ0) is 14.8. The molecule has 0 bridgehead atoms. The Kier molecular flexibility index (Phi) is 3.84. The molecule has 0 unspecified atom stereocenters. The van der Waals surface area contributed by atoms with Gasteiger partial charge in [-0.15, -0.1) is 0 Å². The Balaban J connectivity index is 1.58. The van der Waals surface area contributed by atoms with Crippen LogP contribution in [0, 0.1) is 11.6 Å². The topological polar surface area (TPSA) is 19.4 Å². The summed E-state index contributed by atoms with van der Waals surface area (Å²) in [6.07, 6.45) is 1.77. The Labute approximate surface area is 122 Å². The van der Waals surface area contributed by atoms with E-state index in [1.165, 1.54) is 12.1 Å². The van der Waals surface area contributed by atoms with Crippen LogP contribution in [-0.4, -0.2) is 36.1 Å². The van der Waals surface area contributed by atoms with Crippen LogP contribution in [0.3, 0.4) is 0 Å². The second-order valence-electron chi connectivity index (χ2n) is 5.40. The molecule has 0 N–H and O–H groups in total. The number of likely N-dealkylation sites (N-methyl/N-ethyl adjacent to an activating group) is 1. The summed E-state index contributed by atoms with van der Waals surface area (Å²) < 4.78 is 26.8. The van der Waals surface area contributed by atoms with E-state index in [9.17, 15) is 8.78 Å². The highest BCUT2D eigenvalue weighted by atomic mass is 19.1. The van der Waals surface area contributed by atoms with Gasteiger partial charge in [0.05, 0.1) is 0 Å². The first-order valence-corrected chi connectivity index (χ1v) is 6.93. The molecule has 110 valence electrons. The van der Waals surface area contributed by atoms with Gasteiger partial charge in [0.1, 0.15) is 17.5 Å². The summed E-state index contributed by atoms with van der Waals surface area (Å²) >= 11 is 0. The van der Waals surface area contributed by atoms with E-state index in [4.69, 9.17) is 0 Å². The fraction of sp³-hybridized carbons (Fsp3) is 0.312. The van der Waals surface area contributed by atoms with Gasteiger partial charge in [-0.2, -0.15) is 0 Å². The van der Waals surface area contributed by atoms with Crippen LogP contribution in [0.15, 0.2) is 42.6 Å². The standard InChI is InChI=1S/C16H17F2N3/c1-20(9-12-8-13(17)5-6-15(12)18)14-10-21(11-14)16-4-2-3-7-19-16/h2-8,14H,9-11H2,1H3. The first-order valence-electron chi connectivity index (χ1n) is 6.93. The van der Waals surface area contributed by atoms with E-state index in [-0.39, 0.29) is 5.82 Å². The van der Waals surface area contributed by atoms with Crippen molar-refractivity contribution in [2.75, 3.05) is 25.0 Å². The largest absolute Gasteiger partial charge is 0.353 e. The molecule has 0 spiro atoms. The van der Waals surface area contributed by atoms with E-state index in [0.717, 1.165) is 25.0 Å². The molecule has 0 atom stereocenters. The normalized spacial score (nSPS) is 15.3. The number of anilines is 1. The molecule has 0 amide bonds. The molecule has 21 heavy (non-hydrogen) atoms. The molecule has 1 aromatic heterocycles. The predicted octanol–water partition coefficient (Wildman–Crippen LogP) is 2.68. The predicted molar refractivity (Wildman–Crippen MR) is 78.1 cm³/mol. The van der Waals surface area contributed by atoms with E-state index in [0.29, 0.717) is 18.2 Å². The zero-order valence-corrected chi connectivity index (χ0v) is 11.8. The molecule has 2 aromatic rings. The molecular formula is C16H17F2N3. The average molecular weight is 289 g/mol. The summed E-state index contributed by atoms with van der Waals surface area (Å²) in [4.78, 5) is 8.52. The molecule has 0 saturated carbocycles. The van der Waals surface area contributed by atoms with Crippen LogP contribution in [0.4, 0.5) is 14.6 Å². The highest BCUT2D eigenvalue weighted by molar-refractivity contribution is 5.41. The third kappa shape index (κ3) is 3.03. The summed E-state index contributed by atoms with van der Waals surface area (Å²) in [7, 11) is 1.94. The summed E-state index contributed by atoms with van der Waals surface area (Å²) in [6.45, 7) is 2.11. The van der Waals surface area contributed by atoms with Crippen molar-refractivity contribution in [3.05, 3.63) is 59.8 Å². The maximum absolute atomic E-state index is 13.6. The number of rotatable bonds is 4. The maximum atomic E-state index is 13.6. The quantitative estimate of drug-likeness (QED) is 0.862. The number of pyridine rings is 1. The van der Waals surface area contributed by atoms with Crippen LogP contribution in [0.5, 0.6) is 0 Å². The Morgan fingerprint density at radius 3 is 2.76 bits per heavy atom. The first-order chi connectivity index (χ1) is 10.1. The van der Waals surface area contributed by atoms with Crippen LogP contribution in [0.2, 0.25) is 0 Å². The third-order valence-electron chi connectivity index (χ3n) is 3.89. The van der Waals surface area contributed by atoms with E-state index >= 15 is 0 Å². The van der Waals surface area contributed by atoms with Crippen LogP contribution in [0.25, 0.3) is 0 Å². The van der Waals surface area contributed by atoms with Crippen molar-refractivity contribution in [2.24, 2.45) is 0 Å². The van der Waals surface area contributed by atoms with Crippen molar-refractivity contribution < 1.29 is 8.78 Å². The fourth-order valence-electron chi connectivity index (χ4n) is 2.52. The average Bonchev–Trinajstić information content (AvgIpc) is 2.42. The fourth-order valence-corrected chi connectivity index (χ4v) is 2.52. The summed E-state index contributed by atoms with van der Waals surface area (Å²) in [5.41, 5.74) is 0.397. The van der Waals surface area contributed by atoms with Crippen molar-refractivity contribution >= 4 is 5.82 Å². The zero-order valence-electron chi connectivity index (χ0n) is 11.8. The van der Waals surface area contributed by atoms with Crippen molar-refractivity contribution in [1.82, 2.24) is 9.88 Å². The number of halogens is 2. The summed E-state index contributed by atoms with van der Waals surface area (Å²) in [6, 6.07) is 9.74. The molecule has 5 heteroatoms. The molecule has 1 aromatic carbocycles. The van der Waals surface area contributed by atoms with Crippen molar-refractivity contribution in [1.29, 1.82) is 0 Å². The molecule has 1 saturated heterocycles. The Bertz CT molecular complexity index is 612. The number of hydrogen-bond acceptors (Lipinski definition) is 3. The number of hydrogen-bond donors (Lipinski definition) is 0. The smallest absolute Gasteiger partial charge is 0.128 e. The third-order valence-corrected chi connectivity index (χ3v) is 3.89. The van der Waals surface area contributed by atoms with Gasteiger partial charge in [-0.1, -0.05) is 6.07 Å². The van der Waals surface area contributed by atoms with E-state index in [1.54, 1.807) is 6.20 Å². The van der Waals surface area contributed by atoms with Gasteiger partial charge in [0.15, 0.2) is 0 Å². The first kappa shape index (κ1) is 13.9. The summed E-state index contributed by atoms with van der Waals surface area (Å²) in [5, 5.41) is 0. The highest BCUT2D eigenvalue weighted by Crippen LogP contribution is 2.22. The van der Waals surface area contributed by atoms with E-state index in [2.05, 4.69) is 14.8 Å².